The molecule has 10 N–H and O–H groups in total. The van der Waals surface area contributed by atoms with Crippen LogP contribution in [0.15, 0.2) is 30.3 Å². The van der Waals surface area contributed by atoms with Gasteiger partial charge in [-0.3, -0.25) is 24.0 Å². The lowest BCUT2D eigenvalue weighted by Gasteiger charge is -2.24. The number of nitrogens with one attached hydrogen (secondary N) is 3. The second kappa shape index (κ2) is 15.1. The number of aliphatic hydroxyl groups excluding tert-OH is 1. The Hall–Kier alpha value is -4.04. The van der Waals surface area contributed by atoms with Crippen LogP contribution in [0.25, 0.3) is 0 Å². The van der Waals surface area contributed by atoms with Crippen LogP contribution < -0.4 is 27.4 Å². The summed E-state index contributed by atoms with van der Waals surface area (Å²) < 4.78 is 0. The van der Waals surface area contributed by atoms with Crippen molar-refractivity contribution >= 4 is 35.6 Å². The van der Waals surface area contributed by atoms with Crippen molar-refractivity contribution in [1.29, 1.82) is 0 Å². The van der Waals surface area contributed by atoms with E-state index < -0.39 is 72.8 Å². The van der Waals surface area contributed by atoms with E-state index in [2.05, 4.69) is 10.6 Å². The van der Waals surface area contributed by atoms with Gasteiger partial charge in [0.15, 0.2) is 0 Å². The molecular formula is C22H31N5O9. The van der Waals surface area contributed by atoms with Gasteiger partial charge in [0.05, 0.1) is 12.6 Å². The van der Waals surface area contributed by atoms with Crippen LogP contribution in [0.1, 0.15) is 31.2 Å². The van der Waals surface area contributed by atoms with Crippen LogP contribution in [-0.4, -0.2) is 81.7 Å². The van der Waals surface area contributed by atoms with Gasteiger partial charge in [-0.15, -0.1) is 0 Å². The van der Waals surface area contributed by atoms with Crippen molar-refractivity contribution in [2.45, 2.75) is 56.3 Å². The van der Waals surface area contributed by atoms with Crippen molar-refractivity contribution in [3.63, 3.8) is 0 Å². The molecule has 0 aromatic heterocycles. The Morgan fingerprint density at radius 1 is 0.778 bits per heavy atom. The molecule has 1 rings (SSSR count). The minimum absolute atomic E-state index is 0.140. The van der Waals surface area contributed by atoms with E-state index in [1.807, 2.05) is 5.32 Å². The van der Waals surface area contributed by atoms with E-state index in [1.165, 1.54) is 0 Å². The standard InChI is InChI=1S/C22H31N5O9/c23-13(10-12-4-2-1-3-5-12)19(32)25-15(7-9-18(30)31)20(33)26-14(6-8-17(24)29)21(34)27-16(11-28)22(35)36/h1-5,13-16,28H,6-11,23H2,(H2,24,29)(H,25,32)(H,26,33)(H,27,34)(H,30,31)(H,35,36). The first-order chi connectivity index (χ1) is 16.9. The zero-order chi connectivity index (χ0) is 27.3. The molecule has 198 valence electrons. The number of hydrogen-bond acceptors (Lipinski definition) is 8. The number of aliphatic hydroxyl groups is 1. The van der Waals surface area contributed by atoms with Crippen molar-refractivity contribution < 1.29 is 44.1 Å². The highest BCUT2D eigenvalue weighted by Gasteiger charge is 2.30. The quantitative estimate of drug-likeness (QED) is 0.114. The molecule has 0 saturated heterocycles. The first-order valence-electron chi connectivity index (χ1n) is 11.0. The van der Waals surface area contributed by atoms with E-state index in [0.29, 0.717) is 0 Å². The van der Waals surface area contributed by atoms with Crippen molar-refractivity contribution in [3.8, 4) is 0 Å². The largest absolute Gasteiger partial charge is 0.481 e. The number of carboxylic acid groups (broad SMARTS) is 2. The van der Waals surface area contributed by atoms with Crippen molar-refractivity contribution in [2.75, 3.05) is 6.61 Å². The predicted molar refractivity (Wildman–Crippen MR) is 124 cm³/mol. The van der Waals surface area contributed by atoms with E-state index in [-0.39, 0.29) is 25.7 Å². The van der Waals surface area contributed by atoms with Gasteiger partial charge in [-0.1, -0.05) is 30.3 Å². The highest BCUT2D eigenvalue weighted by Crippen LogP contribution is 2.06. The van der Waals surface area contributed by atoms with Crippen molar-refractivity contribution in [1.82, 2.24) is 16.0 Å². The van der Waals surface area contributed by atoms with Crippen molar-refractivity contribution in [3.05, 3.63) is 35.9 Å². The van der Waals surface area contributed by atoms with Crippen molar-refractivity contribution in [2.24, 2.45) is 11.5 Å². The third kappa shape index (κ3) is 10.9. The molecule has 14 heteroatoms. The lowest BCUT2D eigenvalue weighted by atomic mass is 10.0. The smallest absolute Gasteiger partial charge is 0.328 e. The average molecular weight is 510 g/mol. The number of carboxylic acids is 2. The Morgan fingerprint density at radius 3 is 1.75 bits per heavy atom. The van der Waals surface area contributed by atoms with Crippen LogP contribution in [0.4, 0.5) is 0 Å². The number of amides is 4. The molecular weight excluding hydrogens is 478 g/mol. The van der Waals surface area contributed by atoms with E-state index in [4.69, 9.17) is 26.8 Å². The average Bonchev–Trinajstić information content (AvgIpc) is 2.82. The zero-order valence-corrected chi connectivity index (χ0v) is 19.4. The molecule has 0 bridgehead atoms. The Kier molecular flexibility index (Phi) is 12.5. The molecule has 0 saturated carbocycles. The summed E-state index contributed by atoms with van der Waals surface area (Å²) in [6.45, 7) is -0.936. The SMILES string of the molecule is NC(=O)CCC(NC(=O)C(CCC(=O)O)NC(=O)C(N)Cc1ccccc1)C(=O)NC(CO)C(=O)O. The van der Waals surface area contributed by atoms with E-state index in [1.54, 1.807) is 30.3 Å². The zero-order valence-electron chi connectivity index (χ0n) is 19.4. The van der Waals surface area contributed by atoms with Gasteiger partial charge in [-0.05, 0) is 24.8 Å². The summed E-state index contributed by atoms with van der Waals surface area (Å²) in [7, 11) is 0. The number of carbonyl (C=O) groups is 6. The van der Waals surface area contributed by atoms with Crippen LogP contribution in [0.2, 0.25) is 0 Å². The monoisotopic (exact) mass is 509 g/mol. The Labute approximate surface area is 206 Å². The molecule has 14 nitrogen and oxygen atoms in total. The minimum Gasteiger partial charge on any atom is -0.481 e. The molecule has 4 amide bonds. The summed E-state index contributed by atoms with van der Waals surface area (Å²) in [6.07, 6.45) is -1.39. The second-order valence-corrected chi connectivity index (χ2v) is 7.94. The molecule has 4 unspecified atom stereocenters. The molecule has 0 radical (unpaired) electrons. The van der Waals surface area contributed by atoms with Gasteiger partial charge in [0.25, 0.3) is 0 Å². The summed E-state index contributed by atoms with van der Waals surface area (Å²) in [4.78, 5) is 71.4. The summed E-state index contributed by atoms with van der Waals surface area (Å²) in [5.41, 5.74) is 11.8. The maximum atomic E-state index is 12.9. The lowest BCUT2D eigenvalue weighted by molar-refractivity contribution is -0.143. The van der Waals surface area contributed by atoms with E-state index in [0.717, 1.165) is 5.56 Å². The van der Waals surface area contributed by atoms with Crippen LogP contribution >= 0.6 is 0 Å². The lowest BCUT2D eigenvalue weighted by Crippen LogP contribution is -2.57. The molecule has 1 aromatic carbocycles. The highest BCUT2D eigenvalue weighted by molar-refractivity contribution is 5.94. The van der Waals surface area contributed by atoms with Gasteiger partial charge < -0.3 is 42.7 Å². The molecule has 0 heterocycles. The summed E-state index contributed by atoms with van der Waals surface area (Å²) in [6, 6.07) is 3.17. The normalized spacial score (nSPS) is 13.9. The first-order valence-corrected chi connectivity index (χ1v) is 11.0. The fraction of sp³-hybridized carbons (Fsp3) is 0.455. The molecule has 0 aliphatic rings. The number of carbonyl (C=O) groups excluding carboxylic acids is 4. The Morgan fingerprint density at radius 2 is 1.28 bits per heavy atom. The number of hydrogen-bond donors (Lipinski definition) is 8. The third-order valence-electron chi connectivity index (χ3n) is 5.02. The number of rotatable bonds is 16. The van der Waals surface area contributed by atoms with Crippen LogP contribution in [-0.2, 0) is 35.2 Å². The maximum absolute atomic E-state index is 12.9. The Balaban J connectivity index is 2.99. The van der Waals surface area contributed by atoms with E-state index in [9.17, 15) is 28.8 Å². The molecule has 1 aromatic rings. The van der Waals surface area contributed by atoms with Crippen LogP contribution in [0, 0.1) is 0 Å². The minimum atomic E-state index is -1.68. The topological polar surface area (TPSA) is 251 Å². The Bertz CT molecular complexity index is 941. The fourth-order valence-electron chi connectivity index (χ4n) is 3.06. The van der Waals surface area contributed by atoms with Gasteiger partial charge >= 0.3 is 11.9 Å². The summed E-state index contributed by atoms with van der Waals surface area (Å²) in [5, 5.41) is 33.8. The molecule has 36 heavy (non-hydrogen) atoms. The maximum Gasteiger partial charge on any atom is 0.328 e. The van der Waals surface area contributed by atoms with Gasteiger partial charge in [0.1, 0.15) is 18.1 Å². The van der Waals surface area contributed by atoms with Gasteiger partial charge in [0.2, 0.25) is 23.6 Å². The van der Waals surface area contributed by atoms with E-state index >= 15 is 0 Å². The summed E-state index contributed by atoms with van der Waals surface area (Å²) in [5.74, 6) is -6.32. The molecule has 0 aliphatic heterocycles. The van der Waals surface area contributed by atoms with Gasteiger partial charge in [-0.2, -0.15) is 0 Å². The number of primary amides is 1. The molecule has 0 fully saturated rings. The number of aliphatic carboxylic acids is 2. The second-order valence-electron chi connectivity index (χ2n) is 7.94. The fourth-order valence-corrected chi connectivity index (χ4v) is 3.06. The van der Waals surface area contributed by atoms with Gasteiger partial charge in [-0.25, -0.2) is 4.79 Å². The molecule has 4 atom stereocenters. The van der Waals surface area contributed by atoms with Crippen LogP contribution in [0.5, 0.6) is 0 Å². The highest BCUT2D eigenvalue weighted by atomic mass is 16.4. The third-order valence-corrected chi connectivity index (χ3v) is 5.02. The first kappa shape index (κ1) is 30.0. The van der Waals surface area contributed by atoms with Crippen LogP contribution in [0.3, 0.4) is 0 Å². The summed E-state index contributed by atoms with van der Waals surface area (Å²) >= 11 is 0. The predicted octanol–water partition coefficient (Wildman–Crippen LogP) is -2.78. The van der Waals surface area contributed by atoms with Gasteiger partial charge in [0, 0.05) is 12.8 Å². The number of benzene rings is 1. The molecule has 0 spiro atoms. The number of nitrogens with two attached hydrogens (primary N) is 2. The molecule has 0 aliphatic carbocycles.